The van der Waals surface area contributed by atoms with Crippen LogP contribution in [0.1, 0.15) is 25.5 Å². The van der Waals surface area contributed by atoms with Crippen LogP contribution in [0.5, 0.6) is 0 Å². The summed E-state index contributed by atoms with van der Waals surface area (Å²) < 4.78 is 4.79. The molecule has 2 heterocycles. The predicted octanol–water partition coefficient (Wildman–Crippen LogP) is 3.44. The van der Waals surface area contributed by atoms with Crippen LogP contribution in [0.3, 0.4) is 0 Å². The summed E-state index contributed by atoms with van der Waals surface area (Å²) >= 11 is 0. The van der Waals surface area contributed by atoms with Crippen LogP contribution < -0.4 is 5.32 Å². The van der Waals surface area contributed by atoms with E-state index in [2.05, 4.69) is 35.4 Å². The van der Waals surface area contributed by atoms with E-state index in [1.165, 1.54) is 7.11 Å². The standard InChI is InChI=1S/C18H23N3O2/c1-3-13-12-17(15-6-4-5-7-16(15)19-13)20-14-8-10-21(11-9-14)18(22)23-2/h4-7,12,14H,3,8-11H2,1-2H3,(H,19,20). The van der Waals surface area contributed by atoms with Crippen LogP contribution in [0.2, 0.25) is 0 Å². The Bertz CT molecular complexity index is 694. The molecule has 0 unspecified atom stereocenters. The van der Waals surface area contributed by atoms with Gasteiger partial charge in [-0.1, -0.05) is 25.1 Å². The fourth-order valence-electron chi connectivity index (χ4n) is 3.09. The summed E-state index contributed by atoms with van der Waals surface area (Å²) in [5, 5.41) is 4.81. The summed E-state index contributed by atoms with van der Waals surface area (Å²) in [6.45, 7) is 3.58. The third kappa shape index (κ3) is 3.38. The smallest absolute Gasteiger partial charge is 0.409 e. The number of nitrogens with zero attached hydrogens (tertiary/aromatic N) is 2. The minimum Gasteiger partial charge on any atom is -0.453 e. The Labute approximate surface area is 136 Å². The van der Waals surface area contributed by atoms with E-state index < -0.39 is 0 Å². The van der Waals surface area contributed by atoms with Crippen molar-refractivity contribution >= 4 is 22.7 Å². The zero-order valence-electron chi connectivity index (χ0n) is 13.7. The molecule has 122 valence electrons. The molecular formula is C18H23N3O2. The number of para-hydroxylation sites is 1. The first kappa shape index (κ1) is 15.6. The highest BCUT2D eigenvalue weighted by Crippen LogP contribution is 2.26. The Kier molecular flexibility index (Phi) is 4.65. The first-order valence-corrected chi connectivity index (χ1v) is 8.19. The Balaban J connectivity index is 1.76. The highest BCUT2D eigenvalue weighted by atomic mass is 16.5. The van der Waals surface area contributed by atoms with E-state index in [4.69, 9.17) is 4.74 Å². The summed E-state index contributed by atoms with van der Waals surface area (Å²) in [7, 11) is 1.43. The average molecular weight is 313 g/mol. The molecule has 1 aromatic heterocycles. The first-order chi connectivity index (χ1) is 11.2. The van der Waals surface area contributed by atoms with E-state index in [0.717, 1.165) is 54.6 Å². The summed E-state index contributed by atoms with van der Waals surface area (Å²) in [5.41, 5.74) is 3.27. The third-order valence-electron chi connectivity index (χ3n) is 4.42. The second-order valence-corrected chi connectivity index (χ2v) is 5.91. The number of carbonyl (C=O) groups is 1. The summed E-state index contributed by atoms with van der Waals surface area (Å²) in [6.07, 6.45) is 2.53. The zero-order valence-corrected chi connectivity index (χ0v) is 13.7. The van der Waals surface area contributed by atoms with E-state index >= 15 is 0 Å². The van der Waals surface area contributed by atoms with E-state index in [1.54, 1.807) is 4.90 Å². The molecule has 1 aliphatic rings. The lowest BCUT2D eigenvalue weighted by Crippen LogP contribution is -2.42. The Morgan fingerprint density at radius 2 is 2.09 bits per heavy atom. The summed E-state index contributed by atoms with van der Waals surface area (Å²) in [5.74, 6) is 0. The number of pyridine rings is 1. The molecule has 5 nitrogen and oxygen atoms in total. The Morgan fingerprint density at radius 3 is 2.78 bits per heavy atom. The molecule has 2 aromatic rings. The quantitative estimate of drug-likeness (QED) is 0.943. The maximum atomic E-state index is 11.6. The Hall–Kier alpha value is -2.30. The number of hydrogen-bond acceptors (Lipinski definition) is 4. The van der Waals surface area contributed by atoms with Gasteiger partial charge in [0, 0.05) is 35.9 Å². The molecule has 1 aromatic carbocycles. The number of fused-ring (bicyclic) bond motifs is 1. The number of methoxy groups -OCH3 is 1. The van der Waals surface area contributed by atoms with Gasteiger partial charge in [-0.15, -0.1) is 0 Å². The number of rotatable bonds is 3. The molecule has 5 heteroatoms. The van der Waals surface area contributed by atoms with E-state index in [-0.39, 0.29) is 6.09 Å². The van der Waals surface area contributed by atoms with Gasteiger partial charge in [-0.25, -0.2) is 4.79 Å². The second kappa shape index (κ2) is 6.86. The number of nitrogens with one attached hydrogen (secondary N) is 1. The van der Waals surface area contributed by atoms with Crippen LogP contribution in [-0.2, 0) is 11.2 Å². The molecule has 0 spiro atoms. The SMILES string of the molecule is CCc1cc(NC2CCN(C(=O)OC)CC2)c2ccccc2n1. The normalized spacial score (nSPS) is 15.7. The number of aromatic nitrogens is 1. The maximum Gasteiger partial charge on any atom is 0.409 e. The van der Waals surface area contributed by atoms with Gasteiger partial charge in [-0.2, -0.15) is 0 Å². The zero-order chi connectivity index (χ0) is 16.2. The molecule has 1 aliphatic heterocycles. The molecule has 0 aliphatic carbocycles. The van der Waals surface area contributed by atoms with Gasteiger partial charge in [0.05, 0.1) is 12.6 Å². The van der Waals surface area contributed by atoms with Crippen molar-refractivity contribution in [3.8, 4) is 0 Å². The van der Waals surface area contributed by atoms with Gasteiger partial charge >= 0.3 is 6.09 Å². The lowest BCUT2D eigenvalue weighted by molar-refractivity contribution is 0.113. The number of ether oxygens (including phenoxy) is 1. The minimum atomic E-state index is -0.230. The van der Waals surface area contributed by atoms with Gasteiger partial charge in [-0.05, 0) is 31.4 Å². The number of amides is 1. The molecule has 0 saturated carbocycles. The molecule has 1 fully saturated rings. The third-order valence-corrected chi connectivity index (χ3v) is 4.42. The van der Waals surface area contributed by atoms with Gasteiger partial charge in [0.25, 0.3) is 0 Å². The van der Waals surface area contributed by atoms with Crippen LogP contribution in [0.4, 0.5) is 10.5 Å². The summed E-state index contributed by atoms with van der Waals surface area (Å²) in [4.78, 5) is 18.0. The monoisotopic (exact) mass is 313 g/mol. The molecule has 3 rings (SSSR count). The highest BCUT2D eigenvalue weighted by Gasteiger charge is 2.23. The predicted molar refractivity (Wildman–Crippen MR) is 91.7 cm³/mol. The number of piperidine rings is 1. The van der Waals surface area contributed by atoms with Crippen molar-refractivity contribution in [2.75, 3.05) is 25.5 Å². The molecule has 0 bridgehead atoms. The minimum absolute atomic E-state index is 0.230. The summed E-state index contributed by atoms with van der Waals surface area (Å²) in [6, 6.07) is 10.7. The number of aryl methyl sites for hydroxylation is 1. The van der Waals surface area contributed by atoms with E-state index in [1.807, 2.05) is 12.1 Å². The van der Waals surface area contributed by atoms with Gasteiger partial charge < -0.3 is 15.0 Å². The first-order valence-electron chi connectivity index (χ1n) is 8.19. The second-order valence-electron chi connectivity index (χ2n) is 5.91. The van der Waals surface area contributed by atoms with Crippen molar-refractivity contribution in [1.82, 2.24) is 9.88 Å². The average Bonchev–Trinajstić information content (AvgIpc) is 2.61. The van der Waals surface area contributed by atoms with Crippen molar-refractivity contribution < 1.29 is 9.53 Å². The fourth-order valence-corrected chi connectivity index (χ4v) is 3.09. The topological polar surface area (TPSA) is 54.5 Å². The largest absolute Gasteiger partial charge is 0.453 e. The lowest BCUT2D eigenvalue weighted by Gasteiger charge is -2.32. The molecule has 1 saturated heterocycles. The van der Waals surface area contributed by atoms with Gasteiger partial charge in [0.15, 0.2) is 0 Å². The number of anilines is 1. The lowest BCUT2D eigenvalue weighted by atomic mass is 10.0. The number of carbonyl (C=O) groups excluding carboxylic acids is 1. The van der Waals surface area contributed by atoms with Crippen LogP contribution in [0, 0.1) is 0 Å². The molecular weight excluding hydrogens is 290 g/mol. The van der Waals surface area contributed by atoms with Gasteiger partial charge in [-0.3, -0.25) is 4.98 Å². The van der Waals surface area contributed by atoms with Crippen LogP contribution in [0.15, 0.2) is 30.3 Å². The van der Waals surface area contributed by atoms with Crippen LogP contribution in [-0.4, -0.2) is 42.2 Å². The number of likely N-dealkylation sites (tertiary alicyclic amines) is 1. The van der Waals surface area contributed by atoms with Crippen LogP contribution >= 0.6 is 0 Å². The van der Waals surface area contributed by atoms with Crippen LogP contribution in [0.25, 0.3) is 10.9 Å². The molecule has 23 heavy (non-hydrogen) atoms. The van der Waals surface area contributed by atoms with E-state index in [9.17, 15) is 4.79 Å². The number of benzene rings is 1. The van der Waals surface area contributed by atoms with Crippen molar-refractivity contribution in [2.45, 2.75) is 32.2 Å². The van der Waals surface area contributed by atoms with Crippen molar-refractivity contribution in [1.29, 1.82) is 0 Å². The number of hydrogen-bond donors (Lipinski definition) is 1. The molecule has 0 radical (unpaired) electrons. The molecule has 1 N–H and O–H groups in total. The molecule has 1 amide bonds. The Morgan fingerprint density at radius 1 is 1.35 bits per heavy atom. The van der Waals surface area contributed by atoms with Crippen molar-refractivity contribution in [3.05, 3.63) is 36.0 Å². The van der Waals surface area contributed by atoms with Crippen molar-refractivity contribution in [2.24, 2.45) is 0 Å². The fraction of sp³-hybridized carbons (Fsp3) is 0.444. The van der Waals surface area contributed by atoms with E-state index in [0.29, 0.717) is 6.04 Å². The molecule has 0 atom stereocenters. The van der Waals surface area contributed by atoms with Gasteiger partial charge in [0.2, 0.25) is 0 Å². The van der Waals surface area contributed by atoms with Gasteiger partial charge in [0.1, 0.15) is 0 Å². The van der Waals surface area contributed by atoms with Crippen molar-refractivity contribution in [3.63, 3.8) is 0 Å². The highest BCUT2D eigenvalue weighted by molar-refractivity contribution is 5.91. The maximum absolute atomic E-state index is 11.6.